The Morgan fingerprint density at radius 1 is 1.15 bits per heavy atom. The van der Waals surface area contributed by atoms with Crippen LogP contribution in [0, 0.1) is 17.8 Å². The number of aliphatic carboxylic acids is 1. The molecule has 0 saturated carbocycles. The Labute approximate surface area is 196 Å². The first kappa shape index (κ1) is 25.8. The van der Waals surface area contributed by atoms with E-state index in [1.807, 2.05) is 19.1 Å². The number of rotatable bonds is 11. The van der Waals surface area contributed by atoms with Crippen LogP contribution in [0.3, 0.4) is 0 Å². The van der Waals surface area contributed by atoms with Crippen molar-refractivity contribution in [2.75, 3.05) is 20.8 Å². The van der Waals surface area contributed by atoms with E-state index in [0.29, 0.717) is 29.7 Å². The monoisotopic (exact) mass is 473 g/mol. The second-order valence-electron chi connectivity index (χ2n) is 6.96. The van der Waals surface area contributed by atoms with E-state index >= 15 is 0 Å². The van der Waals surface area contributed by atoms with E-state index in [2.05, 4.69) is 11.8 Å². The van der Waals surface area contributed by atoms with Gasteiger partial charge in [0.05, 0.1) is 19.1 Å². The van der Waals surface area contributed by atoms with E-state index in [9.17, 15) is 9.59 Å². The highest BCUT2D eigenvalue weighted by molar-refractivity contribution is 7.12. The van der Waals surface area contributed by atoms with Crippen molar-refractivity contribution in [2.24, 2.45) is 11.7 Å². The molecule has 0 fully saturated rings. The third kappa shape index (κ3) is 8.88. The van der Waals surface area contributed by atoms with E-state index < -0.39 is 18.2 Å². The molecule has 33 heavy (non-hydrogen) atoms. The lowest BCUT2D eigenvalue weighted by Crippen LogP contribution is -2.33. The molecule has 0 amide bonds. The lowest BCUT2D eigenvalue weighted by Gasteiger charge is -2.19. The molecule has 1 heterocycles. The first-order valence-electron chi connectivity index (χ1n) is 10.1. The molecule has 8 nitrogen and oxygen atoms in total. The highest BCUT2D eigenvalue weighted by atomic mass is 32.1. The zero-order valence-electron chi connectivity index (χ0n) is 18.7. The second-order valence-corrected chi connectivity index (χ2v) is 8.13. The van der Waals surface area contributed by atoms with Crippen LogP contribution in [0.25, 0.3) is 0 Å². The molecular formula is C24H27NO7S. The van der Waals surface area contributed by atoms with Gasteiger partial charge in [0.15, 0.2) is 17.7 Å². The number of hydrogen-bond donors (Lipinski definition) is 2. The number of esters is 1. The van der Waals surface area contributed by atoms with Gasteiger partial charge in [0.2, 0.25) is 0 Å². The van der Waals surface area contributed by atoms with Crippen LogP contribution in [-0.4, -0.2) is 44.1 Å². The summed E-state index contributed by atoms with van der Waals surface area (Å²) in [7, 11) is 3.14. The molecule has 0 aliphatic heterocycles. The molecule has 1 aromatic heterocycles. The molecule has 1 unspecified atom stereocenters. The number of carbonyl (C=O) groups excluding carboxylic acids is 1. The van der Waals surface area contributed by atoms with E-state index in [4.69, 9.17) is 29.8 Å². The Hall–Kier alpha value is -3.48. The van der Waals surface area contributed by atoms with Crippen molar-refractivity contribution in [3.05, 3.63) is 52.2 Å². The van der Waals surface area contributed by atoms with Crippen LogP contribution in [0.5, 0.6) is 17.2 Å². The average Bonchev–Trinajstić information content (AvgIpc) is 3.26. The van der Waals surface area contributed by atoms with Crippen LogP contribution in [0.2, 0.25) is 0 Å². The van der Waals surface area contributed by atoms with Gasteiger partial charge in [-0.05, 0) is 37.1 Å². The lowest BCUT2D eigenvalue weighted by molar-refractivity contribution is -0.145. The molecule has 0 aliphatic carbocycles. The standard InChI is InChI=1S/C24H27NO7S/c1-16(24(25)32-23(28)13-12-22(26)27)6-8-19-10-9-18(33-19)5-4-14-31-17-7-11-20(29-2)21(15-17)30-3/h7,9-13,15-16,24H,6,8,14,25H2,1-3H3,(H,26,27)/t16-,24?/m1/s1. The highest BCUT2D eigenvalue weighted by Crippen LogP contribution is 2.30. The first-order valence-corrected chi connectivity index (χ1v) is 10.9. The summed E-state index contributed by atoms with van der Waals surface area (Å²) in [6.07, 6.45) is 2.20. The largest absolute Gasteiger partial charge is 0.493 e. The number of hydrogen-bond acceptors (Lipinski definition) is 8. The zero-order valence-corrected chi connectivity index (χ0v) is 19.5. The van der Waals surface area contributed by atoms with Crippen molar-refractivity contribution >= 4 is 23.3 Å². The Kier molecular flexibility index (Phi) is 10.3. The van der Waals surface area contributed by atoms with E-state index in [0.717, 1.165) is 22.3 Å². The molecule has 2 atom stereocenters. The van der Waals surface area contributed by atoms with Crippen LogP contribution >= 0.6 is 11.3 Å². The summed E-state index contributed by atoms with van der Waals surface area (Å²) in [4.78, 5) is 24.0. The van der Waals surface area contributed by atoms with Crippen molar-refractivity contribution in [2.45, 2.75) is 26.0 Å². The Morgan fingerprint density at radius 2 is 1.91 bits per heavy atom. The second kappa shape index (κ2) is 13.2. The SMILES string of the molecule is COc1ccc(OCC#Cc2ccc(CC[C@@H](C)C(N)OC(=O)C=CC(=O)O)s2)cc1OC. The van der Waals surface area contributed by atoms with Gasteiger partial charge in [-0.2, -0.15) is 0 Å². The first-order chi connectivity index (χ1) is 15.8. The van der Waals surface area contributed by atoms with Gasteiger partial charge in [-0.25, -0.2) is 9.59 Å². The molecule has 9 heteroatoms. The Balaban J connectivity index is 1.79. The topological polar surface area (TPSA) is 117 Å². The zero-order chi connectivity index (χ0) is 24.2. The number of benzene rings is 1. The molecule has 2 aromatic rings. The fraction of sp³-hybridized carbons (Fsp3) is 0.333. The summed E-state index contributed by atoms with van der Waals surface area (Å²) in [5, 5.41) is 8.53. The predicted octanol–water partition coefficient (Wildman–Crippen LogP) is 3.23. The smallest absolute Gasteiger partial charge is 0.332 e. The minimum atomic E-state index is -1.22. The normalized spacial score (nSPS) is 12.4. The molecule has 0 radical (unpaired) electrons. The third-order valence-corrected chi connectivity index (χ3v) is 5.62. The number of nitrogens with two attached hydrogens (primary N) is 1. The Bertz CT molecular complexity index is 1030. The molecule has 2 rings (SSSR count). The van der Waals surface area contributed by atoms with Crippen LogP contribution in [-0.2, 0) is 20.7 Å². The summed E-state index contributed by atoms with van der Waals surface area (Å²) in [6, 6.07) is 9.26. The van der Waals surface area contributed by atoms with Gasteiger partial charge in [0.25, 0.3) is 0 Å². The van der Waals surface area contributed by atoms with Gasteiger partial charge >= 0.3 is 11.9 Å². The number of thiophene rings is 1. The fourth-order valence-corrected chi connectivity index (χ4v) is 3.59. The maximum atomic E-state index is 11.5. The Morgan fingerprint density at radius 3 is 2.61 bits per heavy atom. The van der Waals surface area contributed by atoms with Gasteiger partial charge in [-0.3, -0.25) is 5.73 Å². The fourth-order valence-electron chi connectivity index (χ4n) is 2.69. The molecule has 0 aliphatic rings. The van der Waals surface area contributed by atoms with Crippen LogP contribution in [0.4, 0.5) is 0 Å². The summed E-state index contributed by atoms with van der Waals surface area (Å²) in [5.74, 6) is 5.84. The van der Waals surface area contributed by atoms with Gasteiger partial charge < -0.3 is 24.1 Å². The van der Waals surface area contributed by atoms with Crippen molar-refractivity contribution in [3.63, 3.8) is 0 Å². The van der Waals surface area contributed by atoms with Gasteiger partial charge in [-0.1, -0.05) is 18.8 Å². The average molecular weight is 474 g/mol. The van der Waals surface area contributed by atoms with Crippen molar-refractivity contribution in [1.82, 2.24) is 0 Å². The van der Waals surface area contributed by atoms with E-state index in [-0.39, 0.29) is 12.5 Å². The molecular weight excluding hydrogens is 446 g/mol. The van der Waals surface area contributed by atoms with Gasteiger partial charge in [-0.15, -0.1) is 11.3 Å². The van der Waals surface area contributed by atoms with E-state index in [1.165, 1.54) is 0 Å². The molecule has 0 spiro atoms. The van der Waals surface area contributed by atoms with E-state index in [1.54, 1.807) is 43.8 Å². The number of ether oxygens (including phenoxy) is 4. The molecule has 3 N–H and O–H groups in total. The number of carboxylic acid groups (broad SMARTS) is 1. The van der Waals surface area contributed by atoms with Crippen molar-refractivity contribution < 1.29 is 33.6 Å². The predicted molar refractivity (Wildman–Crippen MR) is 125 cm³/mol. The van der Waals surface area contributed by atoms with Crippen molar-refractivity contribution in [1.29, 1.82) is 0 Å². The van der Waals surface area contributed by atoms with Gasteiger partial charge in [0.1, 0.15) is 12.4 Å². The quantitative estimate of drug-likeness (QED) is 0.221. The highest BCUT2D eigenvalue weighted by Gasteiger charge is 2.16. The third-order valence-electron chi connectivity index (χ3n) is 4.56. The summed E-state index contributed by atoms with van der Waals surface area (Å²) < 4.78 is 21.1. The maximum Gasteiger partial charge on any atom is 0.332 e. The number of aryl methyl sites for hydroxylation is 1. The van der Waals surface area contributed by atoms with Gasteiger partial charge in [0, 0.05) is 29.0 Å². The minimum Gasteiger partial charge on any atom is -0.493 e. The number of carbonyl (C=O) groups is 2. The summed E-state index contributed by atoms with van der Waals surface area (Å²) in [5.41, 5.74) is 5.89. The number of methoxy groups -OCH3 is 2. The molecule has 1 aromatic carbocycles. The van der Waals surface area contributed by atoms with Crippen LogP contribution in [0.15, 0.2) is 42.5 Å². The van der Waals surface area contributed by atoms with Crippen LogP contribution < -0.4 is 19.9 Å². The molecule has 176 valence electrons. The lowest BCUT2D eigenvalue weighted by atomic mass is 10.0. The van der Waals surface area contributed by atoms with Crippen molar-refractivity contribution in [3.8, 4) is 29.1 Å². The summed E-state index contributed by atoms with van der Waals surface area (Å²) >= 11 is 1.58. The van der Waals surface area contributed by atoms with Crippen LogP contribution in [0.1, 0.15) is 23.1 Å². The molecule has 0 bridgehead atoms. The maximum absolute atomic E-state index is 11.5. The number of carboxylic acids is 1. The molecule has 0 saturated heterocycles. The summed E-state index contributed by atoms with van der Waals surface area (Å²) in [6.45, 7) is 2.11. The minimum absolute atomic E-state index is 0.0984.